The summed E-state index contributed by atoms with van der Waals surface area (Å²) < 4.78 is 4.90. The van der Waals surface area contributed by atoms with E-state index in [0.29, 0.717) is 6.42 Å². The molecule has 0 heterocycles. The van der Waals surface area contributed by atoms with Gasteiger partial charge in [-0.05, 0) is 26.7 Å². The van der Waals surface area contributed by atoms with Gasteiger partial charge in [0.25, 0.3) is 0 Å². The zero-order chi connectivity index (χ0) is 10.3. The molecule has 0 spiro atoms. The number of aliphatic hydroxyl groups excluding tert-OH is 1. The van der Waals surface area contributed by atoms with Crippen LogP contribution in [0, 0.1) is 0 Å². The predicted octanol–water partition coefficient (Wildman–Crippen LogP) is 1.28. The van der Waals surface area contributed by atoms with E-state index in [2.05, 4.69) is 5.32 Å². The third-order valence-corrected chi connectivity index (χ3v) is 1.64. The van der Waals surface area contributed by atoms with Gasteiger partial charge in [-0.1, -0.05) is 6.92 Å². The van der Waals surface area contributed by atoms with Crippen LogP contribution in [-0.2, 0) is 4.74 Å². The van der Waals surface area contributed by atoms with Crippen LogP contribution in [0.3, 0.4) is 0 Å². The molecule has 0 aromatic rings. The Morgan fingerprint density at radius 1 is 1.54 bits per heavy atom. The van der Waals surface area contributed by atoms with E-state index in [1.165, 1.54) is 0 Å². The van der Waals surface area contributed by atoms with E-state index in [4.69, 9.17) is 9.84 Å². The highest BCUT2D eigenvalue weighted by molar-refractivity contribution is 5.67. The van der Waals surface area contributed by atoms with Crippen LogP contribution in [0.5, 0.6) is 0 Å². The van der Waals surface area contributed by atoms with Gasteiger partial charge in [0, 0.05) is 12.6 Å². The number of amides is 1. The van der Waals surface area contributed by atoms with Gasteiger partial charge in [-0.15, -0.1) is 0 Å². The highest BCUT2D eigenvalue weighted by Gasteiger charge is 2.11. The fraction of sp³-hybridized carbons (Fsp3) is 0.889. The van der Waals surface area contributed by atoms with E-state index in [1.54, 1.807) is 13.8 Å². The second-order valence-corrected chi connectivity index (χ2v) is 3.22. The molecule has 1 unspecified atom stereocenters. The molecule has 4 nitrogen and oxygen atoms in total. The number of aliphatic hydroxyl groups is 1. The molecular weight excluding hydrogens is 170 g/mol. The standard InChI is InChI=1S/C9H19NO3/c1-4-8(5-6-11)10-9(12)13-7(2)3/h7-8,11H,4-6H2,1-3H3,(H,10,12). The van der Waals surface area contributed by atoms with Crippen molar-refractivity contribution in [2.45, 2.75) is 45.8 Å². The number of carbonyl (C=O) groups excluding carboxylic acids is 1. The maximum atomic E-state index is 11.1. The highest BCUT2D eigenvalue weighted by atomic mass is 16.6. The zero-order valence-electron chi connectivity index (χ0n) is 8.54. The SMILES string of the molecule is CCC(CCO)NC(=O)OC(C)C. The summed E-state index contributed by atoms with van der Waals surface area (Å²) in [6, 6.07) is 0.0104. The quantitative estimate of drug-likeness (QED) is 0.685. The van der Waals surface area contributed by atoms with Gasteiger partial charge in [0.1, 0.15) is 0 Å². The lowest BCUT2D eigenvalue weighted by Gasteiger charge is -2.16. The van der Waals surface area contributed by atoms with Crippen LogP contribution in [0.2, 0.25) is 0 Å². The Morgan fingerprint density at radius 2 is 2.15 bits per heavy atom. The molecule has 1 atom stereocenters. The average molecular weight is 189 g/mol. The first-order valence-electron chi connectivity index (χ1n) is 4.68. The van der Waals surface area contributed by atoms with Crippen molar-refractivity contribution in [2.75, 3.05) is 6.61 Å². The van der Waals surface area contributed by atoms with Gasteiger partial charge in [-0.25, -0.2) is 4.79 Å². The zero-order valence-corrected chi connectivity index (χ0v) is 8.54. The molecule has 0 fully saturated rings. The molecule has 0 aromatic carbocycles. The monoisotopic (exact) mass is 189 g/mol. The minimum Gasteiger partial charge on any atom is -0.447 e. The van der Waals surface area contributed by atoms with Crippen molar-refractivity contribution in [3.8, 4) is 0 Å². The van der Waals surface area contributed by atoms with E-state index >= 15 is 0 Å². The minimum absolute atomic E-state index is 0.0104. The largest absolute Gasteiger partial charge is 0.447 e. The van der Waals surface area contributed by atoms with Crippen LogP contribution >= 0.6 is 0 Å². The number of ether oxygens (including phenoxy) is 1. The number of hydrogen-bond donors (Lipinski definition) is 2. The number of carbonyl (C=O) groups is 1. The molecule has 0 saturated heterocycles. The Hall–Kier alpha value is -0.770. The van der Waals surface area contributed by atoms with Gasteiger partial charge in [-0.2, -0.15) is 0 Å². The Labute approximate surface area is 79.3 Å². The molecule has 0 saturated carbocycles. The molecule has 0 aliphatic rings. The summed E-state index contributed by atoms with van der Waals surface area (Å²) in [6.45, 7) is 5.63. The van der Waals surface area contributed by atoms with E-state index < -0.39 is 6.09 Å². The Kier molecular flexibility index (Phi) is 6.32. The van der Waals surface area contributed by atoms with Crippen molar-refractivity contribution in [2.24, 2.45) is 0 Å². The number of alkyl carbamates (subject to hydrolysis) is 1. The molecule has 13 heavy (non-hydrogen) atoms. The lowest BCUT2D eigenvalue weighted by molar-refractivity contribution is 0.110. The summed E-state index contributed by atoms with van der Waals surface area (Å²) in [5.74, 6) is 0. The lowest BCUT2D eigenvalue weighted by atomic mass is 10.2. The van der Waals surface area contributed by atoms with Crippen molar-refractivity contribution < 1.29 is 14.6 Å². The van der Waals surface area contributed by atoms with Gasteiger partial charge in [0.15, 0.2) is 0 Å². The summed E-state index contributed by atoms with van der Waals surface area (Å²) >= 11 is 0. The Bertz CT molecular complexity index is 148. The van der Waals surface area contributed by atoms with Crippen LogP contribution in [-0.4, -0.2) is 30.0 Å². The third kappa shape index (κ3) is 6.40. The van der Waals surface area contributed by atoms with Gasteiger partial charge in [0.2, 0.25) is 0 Å². The Balaban J connectivity index is 3.73. The van der Waals surface area contributed by atoms with E-state index in [1.807, 2.05) is 6.92 Å². The van der Waals surface area contributed by atoms with Crippen molar-refractivity contribution in [3.05, 3.63) is 0 Å². The maximum absolute atomic E-state index is 11.1. The van der Waals surface area contributed by atoms with Crippen LogP contribution in [0.1, 0.15) is 33.6 Å². The van der Waals surface area contributed by atoms with Crippen molar-refractivity contribution in [1.29, 1.82) is 0 Å². The lowest BCUT2D eigenvalue weighted by Crippen LogP contribution is -2.36. The predicted molar refractivity (Wildman–Crippen MR) is 50.5 cm³/mol. The van der Waals surface area contributed by atoms with Gasteiger partial charge >= 0.3 is 6.09 Å². The van der Waals surface area contributed by atoms with Crippen LogP contribution in [0.4, 0.5) is 4.79 Å². The fourth-order valence-electron chi connectivity index (χ4n) is 0.949. The van der Waals surface area contributed by atoms with Crippen molar-refractivity contribution in [3.63, 3.8) is 0 Å². The second kappa shape index (κ2) is 6.71. The van der Waals surface area contributed by atoms with E-state index in [9.17, 15) is 4.79 Å². The molecule has 78 valence electrons. The second-order valence-electron chi connectivity index (χ2n) is 3.22. The van der Waals surface area contributed by atoms with E-state index in [0.717, 1.165) is 6.42 Å². The van der Waals surface area contributed by atoms with Gasteiger partial charge in [-0.3, -0.25) is 0 Å². The number of nitrogens with one attached hydrogen (secondary N) is 1. The van der Waals surface area contributed by atoms with Crippen LogP contribution in [0.15, 0.2) is 0 Å². The summed E-state index contributed by atoms with van der Waals surface area (Å²) in [7, 11) is 0. The van der Waals surface area contributed by atoms with Crippen molar-refractivity contribution >= 4 is 6.09 Å². The fourth-order valence-corrected chi connectivity index (χ4v) is 0.949. The van der Waals surface area contributed by atoms with Crippen LogP contribution in [0.25, 0.3) is 0 Å². The first kappa shape index (κ1) is 12.2. The first-order chi connectivity index (χ1) is 6.10. The summed E-state index contributed by atoms with van der Waals surface area (Å²) in [6.07, 6.45) is 0.860. The molecule has 1 amide bonds. The third-order valence-electron chi connectivity index (χ3n) is 1.64. The molecule has 4 heteroatoms. The van der Waals surface area contributed by atoms with Gasteiger partial charge < -0.3 is 15.2 Å². The topological polar surface area (TPSA) is 58.6 Å². The van der Waals surface area contributed by atoms with Crippen LogP contribution < -0.4 is 5.32 Å². The molecule has 0 bridgehead atoms. The summed E-state index contributed by atoms with van der Waals surface area (Å²) in [5.41, 5.74) is 0. The first-order valence-corrected chi connectivity index (χ1v) is 4.68. The van der Waals surface area contributed by atoms with Gasteiger partial charge in [0.05, 0.1) is 6.10 Å². The average Bonchev–Trinajstić information content (AvgIpc) is 2.02. The molecule has 0 aromatic heterocycles. The molecule has 0 aliphatic carbocycles. The molecule has 2 N–H and O–H groups in total. The smallest absolute Gasteiger partial charge is 0.407 e. The highest BCUT2D eigenvalue weighted by Crippen LogP contribution is 1.98. The number of hydrogen-bond acceptors (Lipinski definition) is 3. The van der Waals surface area contributed by atoms with E-state index in [-0.39, 0.29) is 18.8 Å². The molecule has 0 radical (unpaired) electrons. The normalized spacial score (nSPS) is 12.7. The molecular formula is C9H19NO3. The van der Waals surface area contributed by atoms with Crippen molar-refractivity contribution in [1.82, 2.24) is 5.32 Å². The minimum atomic E-state index is -0.407. The summed E-state index contributed by atoms with van der Waals surface area (Å²) in [4.78, 5) is 11.1. The molecule has 0 rings (SSSR count). The maximum Gasteiger partial charge on any atom is 0.407 e. The number of rotatable bonds is 5. The molecule has 0 aliphatic heterocycles. The summed E-state index contributed by atoms with van der Waals surface area (Å²) in [5, 5.41) is 11.3. The Morgan fingerprint density at radius 3 is 2.54 bits per heavy atom.